The number of nitrogens with zero attached hydrogens (tertiary/aromatic N) is 1. The third kappa shape index (κ3) is 3.64. The lowest BCUT2D eigenvalue weighted by atomic mass is 10.0. The fourth-order valence-electron chi connectivity index (χ4n) is 2.59. The lowest BCUT2D eigenvalue weighted by molar-refractivity contribution is 0.182. The molecule has 0 aliphatic carbocycles. The van der Waals surface area contributed by atoms with E-state index >= 15 is 0 Å². The molecule has 4 nitrogen and oxygen atoms in total. The molecule has 0 unspecified atom stereocenters. The Kier molecular flexibility index (Phi) is 5.68. The lowest BCUT2D eigenvalue weighted by Gasteiger charge is -2.26. The van der Waals surface area contributed by atoms with Gasteiger partial charge in [-0.3, -0.25) is 0 Å². The van der Waals surface area contributed by atoms with Gasteiger partial charge in [-0.25, -0.2) is 4.79 Å². The van der Waals surface area contributed by atoms with Crippen molar-refractivity contribution in [2.75, 3.05) is 26.8 Å². The normalized spacial score (nSPS) is 18.3. The summed E-state index contributed by atoms with van der Waals surface area (Å²) in [7, 11) is 1.66. The number of urea groups is 1. The van der Waals surface area contributed by atoms with Gasteiger partial charge in [0.25, 0.3) is 0 Å². The maximum Gasteiger partial charge on any atom is 0.317 e. The number of hydrogen-bond donors (Lipinski definition) is 1. The summed E-state index contributed by atoms with van der Waals surface area (Å²) < 4.78 is 4.97. The number of carbonyl (C=O) groups is 1. The third-order valence-electron chi connectivity index (χ3n) is 3.58. The standard InChI is InChI=1S/C15H21ClN2O2/c1-20-11-5-9-17-15(19)18-10-4-8-14(18)12-6-2-3-7-13(12)16/h2-3,6-7,14H,4-5,8-11H2,1H3,(H,17,19)/t14-/m1/s1. The predicted octanol–water partition coefficient (Wildman–Crippen LogP) is 3.22. The maximum atomic E-state index is 12.2. The smallest absolute Gasteiger partial charge is 0.317 e. The molecular weight excluding hydrogens is 276 g/mol. The molecule has 2 amide bonds. The van der Waals surface area contributed by atoms with E-state index in [4.69, 9.17) is 16.3 Å². The van der Waals surface area contributed by atoms with E-state index in [1.54, 1.807) is 7.11 Å². The first-order valence-electron chi connectivity index (χ1n) is 7.02. The number of ether oxygens (including phenoxy) is 1. The molecule has 1 aromatic rings. The Labute approximate surface area is 125 Å². The van der Waals surface area contributed by atoms with Crippen LogP contribution in [-0.2, 0) is 4.74 Å². The topological polar surface area (TPSA) is 41.6 Å². The minimum absolute atomic E-state index is 0.0106. The van der Waals surface area contributed by atoms with Gasteiger partial charge in [-0.05, 0) is 30.9 Å². The highest BCUT2D eigenvalue weighted by Gasteiger charge is 2.30. The quantitative estimate of drug-likeness (QED) is 0.848. The van der Waals surface area contributed by atoms with Crippen molar-refractivity contribution in [3.63, 3.8) is 0 Å². The second-order valence-corrected chi connectivity index (χ2v) is 5.36. The zero-order chi connectivity index (χ0) is 14.4. The highest BCUT2D eigenvalue weighted by atomic mass is 35.5. The van der Waals surface area contributed by atoms with E-state index in [1.807, 2.05) is 29.2 Å². The van der Waals surface area contributed by atoms with Gasteiger partial charge in [-0.2, -0.15) is 0 Å². The van der Waals surface area contributed by atoms with E-state index in [0.717, 1.165) is 36.4 Å². The van der Waals surface area contributed by atoms with E-state index in [1.165, 1.54) is 0 Å². The Morgan fingerprint density at radius 2 is 2.30 bits per heavy atom. The molecule has 1 aliphatic heterocycles. The molecule has 1 heterocycles. The Morgan fingerprint density at radius 1 is 1.50 bits per heavy atom. The van der Waals surface area contributed by atoms with Gasteiger partial charge in [-0.1, -0.05) is 29.8 Å². The molecule has 1 aromatic carbocycles. The third-order valence-corrected chi connectivity index (χ3v) is 3.92. The summed E-state index contributed by atoms with van der Waals surface area (Å²) in [6.45, 7) is 2.08. The van der Waals surface area contributed by atoms with Crippen molar-refractivity contribution in [3.05, 3.63) is 34.9 Å². The summed E-state index contributed by atoms with van der Waals surface area (Å²) in [5.74, 6) is 0. The second kappa shape index (κ2) is 7.50. The van der Waals surface area contributed by atoms with Crippen molar-refractivity contribution in [2.45, 2.75) is 25.3 Å². The molecule has 1 atom stereocenters. The monoisotopic (exact) mass is 296 g/mol. The average Bonchev–Trinajstić information content (AvgIpc) is 2.93. The fourth-order valence-corrected chi connectivity index (χ4v) is 2.85. The first kappa shape index (κ1) is 15.1. The number of amides is 2. The Balaban J connectivity index is 1.97. The number of hydrogen-bond acceptors (Lipinski definition) is 2. The van der Waals surface area contributed by atoms with Crippen LogP contribution in [0.25, 0.3) is 0 Å². The van der Waals surface area contributed by atoms with Crippen LogP contribution in [0.3, 0.4) is 0 Å². The zero-order valence-corrected chi connectivity index (χ0v) is 12.5. The van der Waals surface area contributed by atoms with Gasteiger partial charge < -0.3 is 15.0 Å². The highest BCUT2D eigenvalue weighted by molar-refractivity contribution is 6.31. The number of benzene rings is 1. The van der Waals surface area contributed by atoms with Crippen molar-refractivity contribution in [1.82, 2.24) is 10.2 Å². The Bertz CT molecular complexity index is 453. The number of nitrogens with one attached hydrogen (secondary N) is 1. The van der Waals surface area contributed by atoms with Crippen LogP contribution in [0.5, 0.6) is 0 Å². The molecule has 1 N–H and O–H groups in total. The Hall–Kier alpha value is -1.26. The highest BCUT2D eigenvalue weighted by Crippen LogP contribution is 2.35. The predicted molar refractivity (Wildman–Crippen MR) is 80.0 cm³/mol. The summed E-state index contributed by atoms with van der Waals surface area (Å²) >= 11 is 6.24. The van der Waals surface area contributed by atoms with Gasteiger partial charge in [0.15, 0.2) is 0 Å². The van der Waals surface area contributed by atoms with Crippen LogP contribution in [0.4, 0.5) is 4.79 Å². The maximum absolute atomic E-state index is 12.2. The molecule has 0 saturated carbocycles. The average molecular weight is 297 g/mol. The molecule has 2 rings (SSSR count). The van der Waals surface area contributed by atoms with E-state index < -0.39 is 0 Å². The minimum Gasteiger partial charge on any atom is -0.385 e. The first-order valence-corrected chi connectivity index (χ1v) is 7.39. The van der Waals surface area contributed by atoms with Crippen LogP contribution < -0.4 is 5.32 Å². The van der Waals surface area contributed by atoms with E-state index in [9.17, 15) is 4.79 Å². The van der Waals surface area contributed by atoms with E-state index in [-0.39, 0.29) is 12.1 Å². The fraction of sp³-hybridized carbons (Fsp3) is 0.533. The number of methoxy groups -OCH3 is 1. The van der Waals surface area contributed by atoms with Crippen LogP contribution in [0.15, 0.2) is 24.3 Å². The van der Waals surface area contributed by atoms with Gasteiger partial charge in [0, 0.05) is 31.8 Å². The SMILES string of the molecule is COCCCNC(=O)N1CCC[C@@H]1c1ccccc1Cl. The van der Waals surface area contributed by atoms with Crippen LogP contribution in [0.2, 0.25) is 5.02 Å². The molecule has 20 heavy (non-hydrogen) atoms. The van der Waals surface area contributed by atoms with Crippen LogP contribution >= 0.6 is 11.6 Å². The molecule has 0 aromatic heterocycles. The number of likely N-dealkylation sites (tertiary alicyclic amines) is 1. The molecule has 1 aliphatic rings. The molecular formula is C15H21ClN2O2. The lowest BCUT2D eigenvalue weighted by Crippen LogP contribution is -2.40. The molecule has 0 spiro atoms. The Morgan fingerprint density at radius 3 is 3.05 bits per heavy atom. The van der Waals surface area contributed by atoms with Crippen molar-refractivity contribution in [1.29, 1.82) is 0 Å². The number of halogens is 1. The number of carbonyl (C=O) groups excluding carboxylic acids is 1. The molecule has 1 saturated heterocycles. The minimum atomic E-state index is -0.0106. The van der Waals surface area contributed by atoms with Crippen LogP contribution in [-0.4, -0.2) is 37.7 Å². The summed E-state index contributed by atoms with van der Waals surface area (Å²) in [6.07, 6.45) is 2.81. The summed E-state index contributed by atoms with van der Waals surface area (Å²) in [6, 6.07) is 7.84. The molecule has 0 bridgehead atoms. The van der Waals surface area contributed by atoms with Gasteiger partial charge in [-0.15, -0.1) is 0 Å². The van der Waals surface area contributed by atoms with Crippen molar-refractivity contribution >= 4 is 17.6 Å². The summed E-state index contributed by atoms with van der Waals surface area (Å²) in [4.78, 5) is 14.1. The van der Waals surface area contributed by atoms with Crippen LogP contribution in [0, 0.1) is 0 Å². The van der Waals surface area contributed by atoms with Gasteiger partial charge in [0.2, 0.25) is 0 Å². The molecule has 5 heteroatoms. The molecule has 0 radical (unpaired) electrons. The summed E-state index contributed by atoms with van der Waals surface area (Å²) in [5.41, 5.74) is 1.04. The van der Waals surface area contributed by atoms with Gasteiger partial charge in [0.05, 0.1) is 6.04 Å². The molecule has 1 fully saturated rings. The zero-order valence-electron chi connectivity index (χ0n) is 11.8. The van der Waals surface area contributed by atoms with Crippen molar-refractivity contribution < 1.29 is 9.53 Å². The van der Waals surface area contributed by atoms with Crippen LogP contribution in [0.1, 0.15) is 30.9 Å². The van der Waals surface area contributed by atoms with E-state index in [0.29, 0.717) is 13.2 Å². The van der Waals surface area contributed by atoms with Crippen molar-refractivity contribution in [3.8, 4) is 0 Å². The summed E-state index contributed by atoms with van der Waals surface area (Å²) in [5, 5.41) is 3.68. The molecule has 110 valence electrons. The first-order chi connectivity index (χ1) is 9.74. The van der Waals surface area contributed by atoms with Gasteiger partial charge >= 0.3 is 6.03 Å². The largest absolute Gasteiger partial charge is 0.385 e. The van der Waals surface area contributed by atoms with Crippen molar-refractivity contribution in [2.24, 2.45) is 0 Å². The van der Waals surface area contributed by atoms with E-state index in [2.05, 4.69) is 5.32 Å². The van der Waals surface area contributed by atoms with Gasteiger partial charge in [0.1, 0.15) is 0 Å². The second-order valence-electron chi connectivity index (χ2n) is 4.95. The number of rotatable bonds is 5.